The molecule has 0 saturated carbocycles. The van der Waals surface area contributed by atoms with Crippen molar-refractivity contribution in [1.82, 2.24) is 5.32 Å². The molecule has 20 heavy (non-hydrogen) atoms. The molecule has 0 spiro atoms. The van der Waals surface area contributed by atoms with Crippen LogP contribution in [0.15, 0.2) is 15.2 Å². The van der Waals surface area contributed by atoms with Gasteiger partial charge in [-0.25, -0.2) is 22.0 Å². The van der Waals surface area contributed by atoms with Crippen molar-refractivity contribution in [3.63, 3.8) is 0 Å². The van der Waals surface area contributed by atoms with E-state index in [1.54, 1.807) is 10.8 Å². The molecule has 1 nitrogen and oxygen atoms in total. The minimum atomic E-state index is -2.16. The van der Waals surface area contributed by atoms with Crippen molar-refractivity contribution in [3.8, 4) is 0 Å². The van der Waals surface area contributed by atoms with Gasteiger partial charge in [-0.3, -0.25) is 0 Å². The molecule has 1 aromatic heterocycles. The second-order valence-electron chi connectivity index (χ2n) is 3.88. The highest BCUT2D eigenvalue weighted by molar-refractivity contribution is 9.10. The number of nitrogens with one attached hydrogen (secondary N) is 1. The van der Waals surface area contributed by atoms with Crippen molar-refractivity contribution in [2.75, 3.05) is 7.05 Å². The Morgan fingerprint density at radius 1 is 0.950 bits per heavy atom. The van der Waals surface area contributed by atoms with Crippen molar-refractivity contribution in [2.45, 2.75) is 6.04 Å². The number of benzene rings is 1. The van der Waals surface area contributed by atoms with Crippen LogP contribution >= 0.6 is 27.3 Å². The number of thiophene rings is 1. The van der Waals surface area contributed by atoms with E-state index in [1.165, 1.54) is 18.4 Å². The largest absolute Gasteiger partial charge is 0.309 e. The number of rotatable bonds is 3. The third kappa shape index (κ3) is 2.36. The van der Waals surface area contributed by atoms with Gasteiger partial charge in [-0.2, -0.15) is 11.3 Å². The average Bonchev–Trinajstić information content (AvgIpc) is 2.85. The van der Waals surface area contributed by atoms with Crippen LogP contribution in [0.1, 0.15) is 17.2 Å². The molecule has 1 aromatic carbocycles. The maximum Gasteiger partial charge on any atom is 0.200 e. The summed E-state index contributed by atoms with van der Waals surface area (Å²) in [5.74, 6) is -9.74. The summed E-state index contributed by atoms with van der Waals surface area (Å²) in [6.07, 6.45) is 0. The van der Waals surface area contributed by atoms with E-state index < -0.39 is 40.7 Å². The Balaban J connectivity index is 2.71. The van der Waals surface area contributed by atoms with Crippen molar-refractivity contribution < 1.29 is 22.0 Å². The first kappa shape index (κ1) is 15.4. The first-order valence-corrected chi connectivity index (χ1v) is 7.03. The first-order valence-electron chi connectivity index (χ1n) is 5.30. The Labute approximate surface area is 123 Å². The number of hydrogen-bond donors (Lipinski definition) is 1. The summed E-state index contributed by atoms with van der Waals surface area (Å²) < 4.78 is 67.6. The van der Waals surface area contributed by atoms with Crippen LogP contribution in [0.2, 0.25) is 0 Å². The summed E-state index contributed by atoms with van der Waals surface area (Å²) in [4.78, 5) is 0. The molecule has 2 aromatic rings. The second kappa shape index (κ2) is 5.79. The Morgan fingerprint density at radius 3 is 1.85 bits per heavy atom. The van der Waals surface area contributed by atoms with E-state index in [0.717, 1.165) is 0 Å². The Hall–Kier alpha value is -0.990. The second-order valence-corrected chi connectivity index (χ2v) is 5.48. The quantitative estimate of drug-likeness (QED) is 0.475. The molecular formula is C12H7BrF5NS. The van der Waals surface area contributed by atoms with Gasteiger partial charge in [-0.1, -0.05) is 0 Å². The average molecular weight is 372 g/mol. The van der Waals surface area contributed by atoms with Crippen LogP contribution in [0.25, 0.3) is 0 Å². The monoisotopic (exact) mass is 371 g/mol. The lowest BCUT2D eigenvalue weighted by Crippen LogP contribution is -2.22. The predicted octanol–water partition coefficient (Wildman–Crippen LogP) is 4.51. The van der Waals surface area contributed by atoms with Crippen LogP contribution in [0, 0.1) is 29.1 Å². The molecule has 0 aliphatic carbocycles. The molecule has 0 saturated heterocycles. The zero-order valence-corrected chi connectivity index (χ0v) is 12.3. The lowest BCUT2D eigenvalue weighted by Gasteiger charge is -2.18. The van der Waals surface area contributed by atoms with Gasteiger partial charge in [0.25, 0.3) is 0 Å². The summed E-state index contributed by atoms with van der Waals surface area (Å²) >= 11 is 4.40. The zero-order valence-electron chi connectivity index (χ0n) is 9.91. The summed E-state index contributed by atoms with van der Waals surface area (Å²) in [6.45, 7) is 0. The fourth-order valence-corrected chi connectivity index (χ4v) is 3.38. The molecular weight excluding hydrogens is 365 g/mol. The van der Waals surface area contributed by atoms with Crippen molar-refractivity contribution in [1.29, 1.82) is 0 Å². The smallest absolute Gasteiger partial charge is 0.200 e. The van der Waals surface area contributed by atoms with Gasteiger partial charge in [-0.15, -0.1) is 0 Å². The summed E-state index contributed by atoms with van der Waals surface area (Å²) in [7, 11) is 1.37. The normalized spacial score (nSPS) is 12.8. The number of halogens is 6. The summed E-state index contributed by atoms with van der Waals surface area (Å²) in [5, 5.41) is 5.76. The SMILES string of the molecule is CNC(c1cscc1Br)c1c(F)c(F)c(F)c(F)c1F. The highest BCUT2D eigenvalue weighted by Gasteiger charge is 2.31. The fourth-order valence-electron chi connectivity index (χ4n) is 1.83. The summed E-state index contributed by atoms with van der Waals surface area (Å²) in [5.41, 5.74) is -0.510. The van der Waals surface area contributed by atoms with Crippen LogP contribution in [-0.4, -0.2) is 7.05 Å². The van der Waals surface area contributed by atoms with Crippen LogP contribution < -0.4 is 5.32 Å². The molecule has 0 amide bonds. The van der Waals surface area contributed by atoms with E-state index in [9.17, 15) is 22.0 Å². The molecule has 2 rings (SSSR count). The van der Waals surface area contributed by atoms with E-state index in [2.05, 4.69) is 21.2 Å². The third-order valence-electron chi connectivity index (χ3n) is 2.77. The number of hydrogen-bond acceptors (Lipinski definition) is 2. The summed E-state index contributed by atoms with van der Waals surface area (Å²) in [6, 6.07) is -1.15. The van der Waals surface area contributed by atoms with Crippen LogP contribution in [0.3, 0.4) is 0 Å². The highest BCUT2D eigenvalue weighted by atomic mass is 79.9. The molecule has 0 bridgehead atoms. The van der Waals surface area contributed by atoms with Crippen LogP contribution in [0.5, 0.6) is 0 Å². The lowest BCUT2D eigenvalue weighted by atomic mass is 9.99. The van der Waals surface area contributed by atoms with Gasteiger partial charge in [-0.05, 0) is 33.9 Å². The molecule has 0 radical (unpaired) electrons. The Morgan fingerprint density at radius 2 is 1.45 bits per heavy atom. The first-order chi connectivity index (χ1) is 9.40. The van der Waals surface area contributed by atoms with Gasteiger partial charge in [0.2, 0.25) is 5.82 Å². The predicted molar refractivity (Wildman–Crippen MR) is 69.2 cm³/mol. The molecule has 1 N–H and O–H groups in total. The van der Waals surface area contributed by atoms with Gasteiger partial charge < -0.3 is 5.32 Å². The molecule has 1 heterocycles. The van der Waals surface area contributed by atoms with E-state index in [0.29, 0.717) is 10.0 Å². The topological polar surface area (TPSA) is 12.0 Å². The zero-order chi connectivity index (χ0) is 15.0. The molecule has 0 fully saturated rings. The van der Waals surface area contributed by atoms with Gasteiger partial charge in [0.1, 0.15) is 0 Å². The van der Waals surface area contributed by atoms with Gasteiger partial charge in [0, 0.05) is 9.85 Å². The highest BCUT2D eigenvalue weighted by Crippen LogP contribution is 2.35. The minimum absolute atomic E-state index is 0.390. The molecule has 0 aliphatic heterocycles. The molecule has 0 aliphatic rings. The maximum absolute atomic E-state index is 13.8. The van der Waals surface area contributed by atoms with E-state index in [1.807, 2.05) is 0 Å². The maximum atomic E-state index is 13.8. The minimum Gasteiger partial charge on any atom is -0.309 e. The van der Waals surface area contributed by atoms with Gasteiger partial charge in [0.15, 0.2) is 23.3 Å². The molecule has 1 unspecified atom stereocenters. The Bertz CT molecular complexity index is 629. The molecule has 8 heteroatoms. The molecule has 108 valence electrons. The van der Waals surface area contributed by atoms with Crippen LogP contribution in [-0.2, 0) is 0 Å². The van der Waals surface area contributed by atoms with Crippen molar-refractivity contribution in [3.05, 3.63) is 55.4 Å². The van der Waals surface area contributed by atoms with Gasteiger partial charge in [0.05, 0.1) is 11.6 Å². The van der Waals surface area contributed by atoms with E-state index in [-0.39, 0.29) is 0 Å². The van der Waals surface area contributed by atoms with E-state index in [4.69, 9.17) is 0 Å². The van der Waals surface area contributed by atoms with E-state index >= 15 is 0 Å². The Kier molecular flexibility index (Phi) is 4.46. The van der Waals surface area contributed by atoms with Crippen molar-refractivity contribution in [2.24, 2.45) is 0 Å². The fraction of sp³-hybridized carbons (Fsp3) is 0.167. The van der Waals surface area contributed by atoms with Crippen molar-refractivity contribution >= 4 is 27.3 Å². The lowest BCUT2D eigenvalue weighted by molar-refractivity contribution is 0.364. The third-order valence-corrected chi connectivity index (χ3v) is 4.53. The molecule has 1 atom stereocenters. The van der Waals surface area contributed by atoms with Crippen LogP contribution in [0.4, 0.5) is 22.0 Å². The van der Waals surface area contributed by atoms with Gasteiger partial charge >= 0.3 is 0 Å². The standard InChI is InChI=1S/C12H7BrF5NS/c1-19-12(4-2-20-3-5(4)13)6-7(14)9(16)11(18)10(17)8(6)15/h2-3,12,19H,1H3.